The van der Waals surface area contributed by atoms with Crippen LogP contribution in [0.1, 0.15) is 76.7 Å². The first kappa shape index (κ1) is 17.5. The van der Waals surface area contributed by atoms with Crippen LogP contribution in [0.5, 0.6) is 5.75 Å². The Morgan fingerprint density at radius 2 is 1.48 bits per heavy atom. The summed E-state index contributed by atoms with van der Waals surface area (Å²) in [5.74, 6) is 0.182. The number of phenolic OH excluding ortho intramolecular Hbond substituents is 1. The molecule has 3 nitrogen and oxygen atoms in total. The molecule has 0 radical (unpaired) electrons. The molecule has 2 N–H and O–H groups in total. The Labute approximate surface area is 128 Å². The second kappa shape index (κ2) is 11.2. The third-order valence-electron chi connectivity index (χ3n) is 3.85. The van der Waals surface area contributed by atoms with Gasteiger partial charge in [-0.3, -0.25) is 0 Å². The zero-order valence-corrected chi connectivity index (χ0v) is 13.2. The van der Waals surface area contributed by atoms with Gasteiger partial charge in [0, 0.05) is 5.56 Å². The van der Waals surface area contributed by atoms with Crippen molar-refractivity contribution >= 4 is 5.71 Å². The van der Waals surface area contributed by atoms with Gasteiger partial charge in [0.2, 0.25) is 0 Å². The number of aromatic hydroxyl groups is 1. The number of oxime groups is 1. The Bertz CT molecular complexity index is 415. The predicted octanol–water partition coefficient (Wildman–Crippen LogP) is 5.49. The minimum absolute atomic E-state index is 0.182. The van der Waals surface area contributed by atoms with Crippen LogP contribution in [0.4, 0.5) is 0 Å². The summed E-state index contributed by atoms with van der Waals surface area (Å²) in [5, 5.41) is 22.2. The average molecular weight is 291 g/mol. The summed E-state index contributed by atoms with van der Waals surface area (Å²) in [6, 6.07) is 7.03. The molecule has 3 heteroatoms. The quantitative estimate of drug-likeness (QED) is 0.245. The lowest BCUT2D eigenvalue weighted by atomic mass is 10.0. The van der Waals surface area contributed by atoms with E-state index in [1.54, 1.807) is 18.2 Å². The maximum atomic E-state index is 9.76. The van der Waals surface area contributed by atoms with Crippen LogP contribution in [0, 0.1) is 0 Å². The largest absolute Gasteiger partial charge is 0.507 e. The van der Waals surface area contributed by atoms with Crippen molar-refractivity contribution in [2.45, 2.75) is 71.1 Å². The third kappa shape index (κ3) is 7.16. The van der Waals surface area contributed by atoms with Gasteiger partial charge in [-0.05, 0) is 25.0 Å². The zero-order chi connectivity index (χ0) is 15.3. The van der Waals surface area contributed by atoms with E-state index in [9.17, 15) is 5.11 Å². The van der Waals surface area contributed by atoms with Crippen LogP contribution in [0.15, 0.2) is 29.4 Å². The van der Waals surface area contributed by atoms with Gasteiger partial charge >= 0.3 is 0 Å². The van der Waals surface area contributed by atoms with Crippen LogP contribution in [0.2, 0.25) is 0 Å². The van der Waals surface area contributed by atoms with Crippen LogP contribution in [-0.2, 0) is 0 Å². The van der Waals surface area contributed by atoms with Gasteiger partial charge < -0.3 is 10.3 Å². The van der Waals surface area contributed by atoms with Gasteiger partial charge in [-0.15, -0.1) is 0 Å². The van der Waals surface area contributed by atoms with Gasteiger partial charge in [-0.25, -0.2) is 0 Å². The van der Waals surface area contributed by atoms with E-state index in [0.29, 0.717) is 17.7 Å². The van der Waals surface area contributed by atoms with E-state index in [1.807, 2.05) is 6.07 Å². The lowest BCUT2D eigenvalue weighted by Crippen LogP contribution is -2.01. The Balaban J connectivity index is 2.15. The summed E-state index contributed by atoms with van der Waals surface area (Å²) in [7, 11) is 0. The van der Waals surface area contributed by atoms with Gasteiger partial charge in [-0.2, -0.15) is 0 Å². The second-order valence-corrected chi connectivity index (χ2v) is 5.64. The summed E-state index contributed by atoms with van der Waals surface area (Å²) in [6.45, 7) is 2.24. The fraction of sp³-hybridized carbons (Fsp3) is 0.611. The van der Waals surface area contributed by atoms with Crippen molar-refractivity contribution in [1.82, 2.24) is 0 Å². The molecule has 118 valence electrons. The monoisotopic (exact) mass is 291 g/mol. The van der Waals surface area contributed by atoms with Crippen molar-refractivity contribution in [3.05, 3.63) is 29.8 Å². The summed E-state index contributed by atoms with van der Waals surface area (Å²) in [4.78, 5) is 0. The number of benzene rings is 1. The van der Waals surface area contributed by atoms with Gasteiger partial charge in [0.25, 0.3) is 0 Å². The summed E-state index contributed by atoms with van der Waals surface area (Å²) in [6.07, 6.45) is 12.1. The average Bonchev–Trinajstić information content (AvgIpc) is 2.50. The van der Waals surface area contributed by atoms with Crippen molar-refractivity contribution in [3.63, 3.8) is 0 Å². The molecule has 0 aliphatic rings. The fourth-order valence-electron chi connectivity index (χ4n) is 2.56. The van der Waals surface area contributed by atoms with Crippen molar-refractivity contribution < 1.29 is 10.3 Å². The Morgan fingerprint density at radius 1 is 0.905 bits per heavy atom. The highest BCUT2D eigenvalue weighted by molar-refractivity contribution is 6.02. The molecule has 0 heterocycles. The van der Waals surface area contributed by atoms with Gasteiger partial charge in [-0.1, -0.05) is 75.6 Å². The smallest absolute Gasteiger partial charge is 0.124 e. The standard InChI is InChI=1S/C18H29NO2/c1-2-3-4-5-6-7-8-9-10-14-17(19-21)16-13-11-12-15-18(16)20/h11-13,15,20-21H,2-10,14H2,1H3/b19-17+. The normalized spacial score (nSPS) is 11.8. The van der Waals surface area contributed by atoms with Gasteiger partial charge in [0.05, 0.1) is 5.71 Å². The predicted molar refractivity (Wildman–Crippen MR) is 88.3 cm³/mol. The Morgan fingerprint density at radius 3 is 2.05 bits per heavy atom. The lowest BCUT2D eigenvalue weighted by Gasteiger charge is -2.07. The fourth-order valence-corrected chi connectivity index (χ4v) is 2.56. The molecular weight excluding hydrogens is 262 g/mol. The lowest BCUT2D eigenvalue weighted by molar-refractivity contribution is 0.317. The van der Waals surface area contributed by atoms with Crippen LogP contribution < -0.4 is 0 Å². The molecule has 1 aromatic carbocycles. The zero-order valence-electron chi connectivity index (χ0n) is 13.2. The van der Waals surface area contributed by atoms with Gasteiger partial charge in [0.1, 0.15) is 5.75 Å². The maximum Gasteiger partial charge on any atom is 0.124 e. The van der Waals surface area contributed by atoms with E-state index in [-0.39, 0.29) is 5.75 Å². The van der Waals surface area contributed by atoms with E-state index < -0.39 is 0 Å². The van der Waals surface area contributed by atoms with E-state index >= 15 is 0 Å². The summed E-state index contributed by atoms with van der Waals surface area (Å²) in [5.41, 5.74) is 1.22. The molecule has 0 aliphatic carbocycles. The molecule has 0 aliphatic heterocycles. The van der Waals surface area contributed by atoms with Crippen LogP contribution in [0.25, 0.3) is 0 Å². The van der Waals surface area contributed by atoms with Crippen LogP contribution in [-0.4, -0.2) is 16.0 Å². The maximum absolute atomic E-state index is 9.76. The molecule has 0 atom stereocenters. The van der Waals surface area contributed by atoms with E-state index in [1.165, 1.54) is 44.9 Å². The number of hydrogen-bond donors (Lipinski definition) is 2. The molecule has 0 fully saturated rings. The number of unbranched alkanes of at least 4 members (excludes halogenated alkanes) is 8. The minimum atomic E-state index is 0.182. The van der Waals surface area contributed by atoms with Crippen molar-refractivity contribution in [2.24, 2.45) is 5.16 Å². The number of phenols is 1. The van der Waals surface area contributed by atoms with Crippen molar-refractivity contribution in [2.75, 3.05) is 0 Å². The number of hydrogen-bond acceptors (Lipinski definition) is 3. The molecule has 1 rings (SSSR count). The highest BCUT2D eigenvalue weighted by atomic mass is 16.4. The Kier molecular flexibility index (Phi) is 9.34. The van der Waals surface area contributed by atoms with E-state index in [0.717, 1.165) is 12.8 Å². The molecule has 0 saturated carbocycles. The SMILES string of the molecule is CCCCCCCCCCC/C(=N\O)c1ccccc1O. The molecule has 0 spiro atoms. The van der Waals surface area contributed by atoms with Crippen molar-refractivity contribution in [3.8, 4) is 5.75 Å². The Hall–Kier alpha value is -1.51. The first-order valence-electron chi connectivity index (χ1n) is 8.29. The number of para-hydroxylation sites is 1. The summed E-state index contributed by atoms with van der Waals surface area (Å²) >= 11 is 0. The van der Waals surface area contributed by atoms with Gasteiger partial charge in [0.15, 0.2) is 0 Å². The topological polar surface area (TPSA) is 52.8 Å². The molecule has 0 amide bonds. The summed E-state index contributed by atoms with van der Waals surface area (Å²) < 4.78 is 0. The first-order chi connectivity index (χ1) is 10.3. The molecule has 0 aromatic heterocycles. The number of nitrogens with zero attached hydrogens (tertiary/aromatic N) is 1. The van der Waals surface area contributed by atoms with Crippen LogP contribution in [0.3, 0.4) is 0 Å². The molecule has 1 aromatic rings. The van der Waals surface area contributed by atoms with E-state index in [4.69, 9.17) is 5.21 Å². The highest BCUT2D eigenvalue weighted by Crippen LogP contribution is 2.20. The molecular formula is C18H29NO2. The number of rotatable bonds is 11. The third-order valence-corrected chi connectivity index (χ3v) is 3.85. The molecule has 0 bridgehead atoms. The van der Waals surface area contributed by atoms with Crippen molar-refractivity contribution in [1.29, 1.82) is 0 Å². The molecule has 0 saturated heterocycles. The first-order valence-corrected chi connectivity index (χ1v) is 8.29. The molecule has 0 unspecified atom stereocenters. The van der Waals surface area contributed by atoms with E-state index in [2.05, 4.69) is 12.1 Å². The molecule has 21 heavy (non-hydrogen) atoms. The second-order valence-electron chi connectivity index (χ2n) is 5.64. The highest BCUT2D eigenvalue weighted by Gasteiger charge is 2.08. The van der Waals surface area contributed by atoms with Crippen LogP contribution >= 0.6 is 0 Å². The minimum Gasteiger partial charge on any atom is -0.507 e.